The number of nitrogens with zero attached hydrogens (tertiary/aromatic N) is 2. The Morgan fingerprint density at radius 3 is 2.29 bits per heavy atom. The zero-order valence-electron chi connectivity index (χ0n) is 10.7. The van der Waals surface area contributed by atoms with Crippen molar-refractivity contribution in [2.45, 2.75) is 0 Å². The van der Waals surface area contributed by atoms with E-state index in [0.717, 1.165) is 0 Å². The van der Waals surface area contributed by atoms with E-state index < -0.39 is 0 Å². The van der Waals surface area contributed by atoms with Crippen LogP contribution in [0.1, 0.15) is 0 Å². The molecule has 0 saturated heterocycles. The maximum absolute atomic E-state index is 9.99. The molecule has 1 heterocycles. The summed E-state index contributed by atoms with van der Waals surface area (Å²) in [7, 11) is 0. The predicted molar refractivity (Wildman–Crippen MR) is 82.3 cm³/mol. The van der Waals surface area contributed by atoms with Crippen molar-refractivity contribution in [2.24, 2.45) is 0 Å². The van der Waals surface area contributed by atoms with Crippen LogP contribution in [-0.2, 0) is 0 Å². The Morgan fingerprint density at radius 2 is 1.62 bits per heavy atom. The van der Waals surface area contributed by atoms with Gasteiger partial charge in [0.2, 0.25) is 0 Å². The van der Waals surface area contributed by atoms with Crippen LogP contribution in [0, 0.1) is 0 Å². The lowest BCUT2D eigenvalue weighted by Gasteiger charge is -2.10. The van der Waals surface area contributed by atoms with Crippen molar-refractivity contribution in [3.8, 4) is 28.4 Å². The second kappa shape index (κ2) is 5.31. The molecule has 6 heteroatoms. The van der Waals surface area contributed by atoms with E-state index in [-0.39, 0.29) is 11.5 Å². The fourth-order valence-corrected chi connectivity index (χ4v) is 2.63. The first-order valence-corrected chi connectivity index (χ1v) is 6.83. The molecule has 0 radical (unpaired) electrons. The molecule has 3 rings (SSSR count). The number of hydrogen-bond donors (Lipinski definition) is 2. The zero-order chi connectivity index (χ0) is 15.0. The largest absolute Gasteiger partial charge is 0.508 e. The van der Waals surface area contributed by atoms with Gasteiger partial charge in [-0.3, -0.25) is 0 Å². The van der Waals surface area contributed by atoms with Crippen LogP contribution in [0.4, 0.5) is 0 Å². The highest BCUT2D eigenvalue weighted by molar-refractivity contribution is 6.34. The van der Waals surface area contributed by atoms with Crippen LogP contribution in [0.5, 0.6) is 11.5 Å². The molecule has 0 fully saturated rings. The van der Waals surface area contributed by atoms with E-state index in [2.05, 4.69) is 5.10 Å². The number of halogens is 2. The number of aromatic hydroxyl groups is 2. The van der Waals surface area contributed by atoms with Crippen molar-refractivity contribution in [3.05, 3.63) is 58.7 Å². The summed E-state index contributed by atoms with van der Waals surface area (Å²) in [6.07, 6.45) is 1.61. The standard InChI is InChI=1S/C15H10Cl2N2O2/c16-9-5-10(17)7-11(6-9)19-14(3-4-18-19)13-2-1-12(20)8-15(13)21/h1-8,20-21H. The Bertz CT molecular complexity index is 795. The molecule has 0 atom stereocenters. The van der Waals surface area contributed by atoms with Gasteiger partial charge in [-0.05, 0) is 36.4 Å². The molecule has 0 unspecified atom stereocenters. The van der Waals surface area contributed by atoms with Gasteiger partial charge in [-0.2, -0.15) is 5.10 Å². The third kappa shape index (κ3) is 2.68. The van der Waals surface area contributed by atoms with Crippen LogP contribution in [0.3, 0.4) is 0 Å². The van der Waals surface area contributed by atoms with E-state index >= 15 is 0 Å². The number of hydrogen-bond acceptors (Lipinski definition) is 3. The van der Waals surface area contributed by atoms with Gasteiger partial charge in [-0.25, -0.2) is 4.68 Å². The molecule has 2 aromatic carbocycles. The SMILES string of the molecule is Oc1ccc(-c2ccnn2-c2cc(Cl)cc(Cl)c2)c(O)c1. The fraction of sp³-hybridized carbons (Fsp3) is 0. The molecule has 0 aliphatic heterocycles. The van der Waals surface area contributed by atoms with Gasteiger partial charge >= 0.3 is 0 Å². The first-order valence-electron chi connectivity index (χ1n) is 6.07. The maximum Gasteiger partial charge on any atom is 0.128 e. The van der Waals surface area contributed by atoms with Crippen LogP contribution < -0.4 is 0 Å². The Hall–Kier alpha value is -2.17. The minimum atomic E-state index is -0.0372. The van der Waals surface area contributed by atoms with Crippen molar-refractivity contribution in [3.63, 3.8) is 0 Å². The second-order valence-corrected chi connectivity index (χ2v) is 5.33. The highest BCUT2D eigenvalue weighted by Gasteiger charge is 2.12. The second-order valence-electron chi connectivity index (χ2n) is 4.46. The maximum atomic E-state index is 9.99. The van der Waals surface area contributed by atoms with E-state index in [4.69, 9.17) is 23.2 Å². The molecule has 1 aromatic heterocycles. The van der Waals surface area contributed by atoms with Gasteiger partial charge in [-0.1, -0.05) is 23.2 Å². The first-order chi connectivity index (χ1) is 10.0. The first kappa shape index (κ1) is 13.8. The highest BCUT2D eigenvalue weighted by Crippen LogP contribution is 2.33. The normalized spacial score (nSPS) is 10.8. The van der Waals surface area contributed by atoms with Crippen molar-refractivity contribution in [1.29, 1.82) is 0 Å². The summed E-state index contributed by atoms with van der Waals surface area (Å²) in [5, 5.41) is 24.6. The number of phenols is 2. The molecular formula is C15H10Cl2N2O2. The van der Waals surface area contributed by atoms with Crippen molar-refractivity contribution in [1.82, 2.24) is 9.78 Å². The molecule has 0 aliphatic rings. The lowest BCUT2D eigenvalue weighted by Crippen LogP contribution is -1.99. The molecule has 4 nitrogen and oxygen atoms in total. The smallest absolute Gasteiger partial charge is 0.128 e. The van der Waals surface area contributed by atoms with Crippen LogP contribution >= 0.6 is 23.2 Å². The topological polar surface area (TPSA) is 58.3 Å². The van der Waals surface area contributed by atoms with Gasteiger partial charge < -0.3 is 10.2 Å². The molecule has 21 heavy (non-hydrogen) atoms. The molecule has 0 spiro atoms. The molecular weight excluding hydrogens is 311 g/mol. The quantitative estimate of drug-likeness (QED) is 0.741. The third-order valence-corrected chi connectivity index (χ3v) is 3.43. The number of aromatic nitrogens is 2. The van der Waals surface area contributed by atoms with Gasteiger partial charge in [0.05, 0.1) is 17.6 Å². The summed E-state index contributed by atoms with van der Waals surface area (Å²) < 4.78 is 1.61. The monoisotopic (exact) mass is 320 g/mol. The Kier molecular flexibility index (Phi) is 3.49. The summed E-state index contributed by atoms with van der Waals surface area (Å²) >= 11 is 12.0. The summed E-state index contributed by atoms with van der Waals surface area (Å²) in [5.41, 5.74) is 1.88. The Morgan fingerprint density at radius 1 is 0.905 bits per heavy atom. The average molecular weight is 321 g/mol. The lowest BCUT2D eigenvalue weighted by atomic mass is 10.1. The zero-order valence-corrected chi connectivity index (χ0v) is 12.2. The van der Waals surface area contributed by atoms with E-state index in [1.54, 1.807) is 41.2 Å². The molecule has 0 bridgehead atoms. The average Bonchev–Trinajstić information content (AvgIpc) is 2.86. The Labute approximate surface area is 130 Å². The van der Waals surface area contributed by atoms with Crippen LogP contribution in [0.2, 0.25) is 10.0 Å². The van der Waals surface area contributed by atoms with E-state index in [1.807, 2.05) is 0 Å². The van der Waals surface area contributed by atoms with Gasteiger partial charge in [0.1, 0.15) is 11.5 Å². The summed E-state index contributed by atoms with van der Waals surface area (Å²) in [6, 6.07) is 11.2. The van der Waals surface area contributed by atoms with Gasteiger partial charge in [0.25, 0.3) is 0 Å². The van der Waals surface area contributed by atoms with E-state index in [1.165, 1.54) is 12.1 Å². The van der Waals surface area contributed by atoms with Gasteiger partial charge in [-0.15, -0.1) is 0 Å². The highest BCUT2D eigenvalue weighted by atomic mass is 35.5. The molecule has 3 aromatic rings. The van der Waals surface area contributed by atoms with Crippen LogP contribution in [-0.4, -0.2) is 20.0 Å². The number of rotatable bonds is 2. The van der Waals surface area contributed by atoms with Crippen molar-refractivity contribution in [2.75, 3.05) is 0 Å². The van der Waals surface area contributed by atoms with Gasteiger partial charge in [0, 0.05) is 21.7 Å². The molecule has 0 amide bonds. The summed E-state index contributed by atoms with van der Waals surface area (Å²) in [5.74, 6) is -0.0435. The summed E-state index contributed by atoms with van der Waals surface area (Å²) in [4.78, 5) is 0. The lowest BCUT2D eigenvalue weighted by molar-refractivity contribution is 0.451. The number of phenolic OH excluding ortho intramolecular Hbond substituents is 2. The third-order valence-electron chi connectivity index (χ3n) is 2.99. The van der Waals surface area contributed by atoms with E-state index in [0.29, 0.717) is 27.0 Å². The minimum Gasteiger partial charge on any atom is -0.508 e. The van der Waals surface area contributed by atoms with E-state index in [9.17, 15) is 10.2 Å². The van der Waals surface area contributed by atoms with Crippen LogP contribution in [0.15, 0.2) is 48.7 Å². The van der Waals surface area contributed by atoms with Crippen molar-refractivity contribution < 1.29 is 10.2 Å². The summed E-state index contributed by atoms with van der Waals surface area (Å²) in [6.45, 7) is 0. The Balaban J connectivity index is 2.17. The molecule has 106 valence electrons. The predicted octanol–water partition coefficient (Wildman–Crippen LogP) is 4.26. The van der Waals surface area contributed by atoms with Crippen LogP contribution in [0.25, 0.3) is 16.9 Å². The minimum absolute atomic E-state index is 0.00637. The molecule has 0 aliphatic carbocycles. The number of benzene rings is 2. The molecule has 0 saturated carbocycles. The van der Waals surface area contributed by atoms with Crippen molar-refractivity contribution >= 4 is 23.2 Å². The fourth-order valence-electron chi connectivity index (χ4n) is 2.11. The van der Waals surface area contributed by atoms with Gasteiger partial charge in [0.15, 0.2) is 0 Å². The molecule has 2 N–H and O–H groups in total.